The topological polar surface area (TPSA) is 117 Å². The summed E-state index contributed by atoms with van der Waals surface area (Å²) in [5.41, 5.74) is 0.622. The molecule has 0 unspecified atom stereocenters. The maximum absolute atomic E-state index is 12.7. The summed E-state index contributed by atoms with van der Waals surface area (Å²) in [6, 6.07) is 6.82. The van der Waals surface area contributed by atoms with Gasteiger partial charge in [-0.25, -0.2) is 14.6 Å². The number of nitrogens with zero attached hydrogens (tertiary/aromatic N) is 2. The van der Waals surface area contributed by atoms with Gasteiger partial charge in [0.05, 0.1) is 36.0 Å². The zero-order valence-electron chi connectivity index (χ0n) is 17.3. The molecule has 0 spiro atoms. The van der Waals surface area contributed by atoms with Crippen LogP contribution in [-0.2, 0) is 20.8 Å². The highest BCUT2D eigenvalue weighted by molar-refractivity contribution is 7.18. The number of carbonyl (C=O) groups is 3. The van der Waals surface area contributed by atoms with Crippen LogP contribution in [0.15, 0.2) is 35.4 Å². The molecule has 0 radical (unpaired) electrons. The normalized spacial score (nSPS) is 10.7. The molecule has 162 valence electrons. The quantitative estimate of drug-likeness (QED) is 0.558. The predicted octanol–water partition coefficient (Wildman–Crippen LogP) is 2.76. The number of anilines is 1. The molecule has 3 aromatic rings. The highest BCUT2D eigenvalue weighted by Crippen LogP contribution is 2.34. The molecule has 10 heteroatoms. The summed E-state index contributed by atoms with van der Waals surface area (Å²) in [5, 5.41) is 3.16. The Kier molecular flexibility index (Phi) is 6.81. The van der Waals surface area contributed by atoms with Crippen molar-refractivity contribution >= 4 is 45.1 Å². The molecule has 1 amide bonds. The van der Waals surface area contributed by atoms with Crippen LogP contribution >= 0.6 is 11.3 Å². The fourth-order valence-corrected chi connectivity index (χ4v) is 4.09. The van der Waals surface area contributed by atoms with Crippen molar-refractivity contribution in [3.05, 3.63) is 57.0 Å². The number of amides is 1. The van der Waals surface area contributed by atoms with Crippen LogP contribution in [-0.4, -0.2) is 40.6 Å². The van der Waals surface area contributed by atoms with Crippen molar-refractivity contribution in [2.24, 2.45) is 0 Å². The number of esters is 2. The number of aromatic nitrogens is 2. The SMILES string of the molecule is CCOC(=O)c1sc(NC(=O)Cn2cnc3ccccc3c2=O)c(C(=O)OCC)c1C. The van der Waals surface area contributed by atoms with Gasteiger partial charge in [0.1, 0.15) is 16.4 Å². The maximum atomic E-state index is 12.7. The molecule has 3 rings (SSSR count). The van der Waals surface area contributed by atoms with Gasteiger partial charge in [0, 0.05) is 0 Å². The summed E-state index contributed by atoms with van der Waals surface area (Å²) in [6.45, 7) is 4.90. The summed E-state index contributed by atoms with van der Waals surface area (Å²) in [6.07, 6.45) is 1.29. The standard InChI is InChI=1S/C21H21N3O6S/c1-4-29-20(27)16-12(3)17(21(28)30-5-2)31-18(16)23-15(25)10-24-11-22-14-9-7-6-8-13(14)19(24)26/h6-9,11H,4-5,10H2,1-3H3,(H,23,25). The highest BCUT2D eigenvalue weighted by Gasteiger charge is 2.27. The van der Waals surface area contributed by atoms with Crippen molar-refractivity contribution in [1.82, 2.24) is 9.55 Å². The lowest BCUT2D eigenvalue weighted by molar-refractivity contribution is -0.116. The van der Waals surface area contributed by atoms with E-state index >= 15 is 0 Å². The molecular formula is C21H21N3O6S. The monoisotopic (exact) mass is 443 g/mol. The van der Waals surface area contributed by atoms with Crippen LogP contribution in [0.25, 0.3) is 10.9 Å². The number of para-hydroxylation sites is 1. The molecule has 1 aromatic carbocycles. The second-order valence-electron chi connectivity index (χ2n) is 6.44. The van der Waals surface area contributed by atoms with Crippen LogP contribution < -0.4 is 10.9 Å². The Hall–Kier alpha value is -3.53. The highest BCUT2D eigenvalue weighted by atomic mass is 32.1. The Balaban J connectivity index is 1.90. The van der Waals surface area contributed by atoms with Gasteiger partial charge in [0.25, 0.3) is 5.56 Å². The van der Waals surface area contributed by atoms with Crippen molar-refractivity contribution in [2.45, 2.75) is 27.3 Å². The lowest BCUT2D eigenvalue weighted by Crippen LogP contribution is -2.28. The minimum atomic E-state index is -0.661. The van der Waals surface area contributed by atoms with Gasteiger partial charge in [-0.15, -0.1) is 11.3 Å². The summed E-state index contributed by atoms with van der Waals surface area (Å²) >= 11 is 0.924. The van der Waals surface area contributed by atoms with Crippen LogP contribution in [0.1, 0.15) is 39.4 Å². The van der Waals surface area contributed by atoms with E-state index in [1.54, 1.807) is 45.0 Å². The Morgan fingerprint density at radius 2 is 1.77 bits per heavy atom. The summed E-state index contributed by atoms with van der Waals surface area (Å²) in [7, 11) is 0. The van der Waals surface area contributed by atoms with Crippen LogP contribution in [0.4, 0.5) is 5.00 Å². The molecule has 0 bridgehead atoms. The van der Waals surface area contributed by atoms with Gasteiger partial charge in [0.2, 0.25) is 5.91 Å². The first kappa shape index (κ1) is 22.2. The minimum Gasteiger partial charge on any atom is -0.462 e. The van der Waals surface area contributed by atoms with E-state index in [9.17, 15) is 19.2 Å². The van der Waals surface area contributed by atoms with Crippen molar-refractivity contribution < 1.29 is 23.9 Å². The molecule has 0 aliphatic carbocycles. The molecule has 0 fully saturated rings. The first-order valence-corrected chi connectivity index (χ1v) is 10.4. The first-order chi connectivity index (χ1) is 14.9. The Morgan fingerprint density at radius 1 is 1.10 bits per heavy atom. The fourth-order valence-electron chi connectivity index (χ4n) is 2.98. The van der Waals surface area contributed by atoms with Crippen LogP contribution in [0.3, 0.4) is 0 Å². The zero-order chi connectivity index (χ0) is 22.5. The van der Waals surface area contributed by atoms with Crippen molar-refractivity contribution in [3.63, 3.8) is 0 Å². The Labute approximate surface area is 181 Å². The lowest BCUT2D eigenvalue weighted by atomic mass is 10.1. The molecule has 0 saturated carbocycles. The number of thiophene rings is 1. The smallest absolute Gasteiger partial charge is 0.348 e. The Bertz CT molecular complexity index is 1210. The molecule has 0 aliphatic rings. The number of hydrogen-bond acceptors (Lipinski definition) is 8. The average Bonchev–Trinajstić information content (AvgIpc) is 3.06. The van der Waals surface area contributed by atoms with Gasteiger partial charge in [-0.05, 0) is 38.5 Å². The minimum absolute atomic E-state index is 0.0900. The summed E-state index contributed by atoms with van der Waals surface area (Å²) < 4.78 is 11.3. The van der Waals surface area contributed by atoms with E-state index in [1.165, 1.54) is 10.9 Å². The predicted molar refractivity (Wildman–Crippen MR) is 116 cm³/mol. The number of carbonyl (C=O) groups excluding carboxylic acids is 3. The van der Waals surface area contributed by atoms with Gasteiger partial charge < -0.3 is 14.8 Å². The van der Waals surface area contributed by atoms with E-state index in [-0.39, 0.29) is 40.8 Å². The van der Waals surface area contributed by atoms with Gasteiger partial charge in [0.15, 0.2) is 0 Å². The first-order valence-electron chi connectivity index (χ1n) is 9.59. The summed E-state index contributed by atoms with van der Waals surface area (Å²) in [5.74, 6) is -1.81. The van der Waals surface area contributed by atoms with Crippen molar-refractivity contribution in [1.29, 1.82) is 0 Å². The van der Waals surface area contributed by atoms with E-state index in [4.69, 9.17) is 9.47 Å². The molecule has 31 heavy (non-hydrogen) atoms. The molecule has 9 nitrogen and oxygen atoms in total. The second kappa shape index (κ2) is 9.52. The van der Waals surface area contributed by atoms with Crippen LogP contribution in [0, 0.1) is 6.92 Å². The summed E-state index contributed by atoms with van der Waals surface area (Å²) in [4.78, 5) is 54.3. The third kappa shape index (κ3) is 4.64. The van der Waals surface area contributed by atoms with Crippen molar-refractivity contribution in [2.75, 3.05) is 18.5 Å². The lowest BCUT2D eigenvalue weighted by Gasteiger charge is -2.09. The molecule has 0 saturated heterocycles. The molecule has 2 aromatic heterocycles. The van der Waals surface area contributed by atoms with Gasteiger partial charge >= 0.3 is 11.9 Å². The number of rotatable bonds is 7. The Morgan fingerprint density at radius 3 is 2.48 bits per heavy atom. The zero-order valence-corrected chi connectivity index (χ0v) is 18.1. The molecule has 0 aliphatic heterocycles. The number of hydrogen-bond donors (Lipinski definition) is 1. The largest absolute Gasteiger partial charge is 0.462 e. The average molecular weight is 443 g/mol. The number of fused-ring (bicyclic) bond motifs is 1. The molecule has 1 N–H and O–H groups in total. The third-order valence-corrected chi connectivity index (χ3v) is 5.57. The molecule has 2 heterocycles. The van der Waals surface area contributed by atoms with E-state index in [1.807, 2.05) is 0 Å². The number of nitrogens with one attached hydrogen (secondary N) is 1. The van der Waals surface area contributed by atoms with Crippen LogP contribution in [0.5, 0.6) is 0 Å². The fraction of sp³-hybridized carbons (Fsp3) is 0.286. The molecular weight excluding hydrogens is 422 g/mol. The van der Waals surface area contributed by atoms with Crippen LogP contribution in [0.2, 0.25) is 0 Å². The van der Waals surface area contributed by atoms with E-state index in [0.717, 1.165) is 11.3 Å². The third-order valence-electron chi connectivity index (χ3n) is 4.39. The second-order valence-corrected chi connectivity index (χ2v) is 7.46. The van der Waals surface area contributed by atoms with Gasteiger partial charge in [-0.1, -0.05) is 12.1 Å². The number of benzene rings is 1. The number of ether oxygens (including phenoxy) is 2. The van der Waals surface area contributed by atoms with E-state index in [0.29, 0.717) is 16.5 Å². The van der Waals surface area contributed by atoms with Gasteiger partial charge in [-0.2, -0.15) is 0 Å². The van der Waals surface area contributed by atoms with Crippen molar-refractivity contribution in [3.8, 4) is 0 Å². The maximum Gasteiger partial charge on any atom is 0.348 e. The molecule has 0 atom stereocenters. The van der Waals surface area contributed by atoms with Gasteiger partial charge in [-0.3, -0.25) is 14.2 Å². The van der Waals surface area contributed by atoms with E-state index in [2.05, 4.69) is 10.3 Å². The van der Waals surface area contributed by atoms with E-state index < -0.39 is 17.8 Å².